The summed E-state index contributed by atoms with van der Waals surface area (Å²) in [5.74, 6) is -0.303. The van der Waals surface area contributed by atoms with Crippen LogP contribution in [0.2, 0.25) is 0 Å². The van der Waals surface area contributed by atoms with Gasteiger partial charge in [-0.25, -0.2) is 4.79 Å². The first-order valence-corrected chi connectivity index (χ1v) is 6.08. The number of hydrogen-bond acceptors (Lipinski definition) is 2. The zero-order valence-corrected chi connectivity index (χ0v) is 10.9. The number of carbonyl (C=O) groups is 1. The summed E-state index contributed by atoms with van der Waals surface area (Å²) in [6, 6.07) is 0. The summed E-state index contributed by atoms with van der Waals surface area (Å²) < 4.78 is 1.75. The third kappa shape index (κ3) is 2.08. The number of carboxylic acids is 1. The topological polar surface area (TPSA) is 55.1 Å². The lowest BCUT2D eigenvalue weighted by Crippen LogP contribution is -2.28. The Morgan fingerprint density at radius 3 is 2.65 bits per heavy atom. The number of hydrogen-bond donors (Lipinski definition) is 1. The molecule has 0 amide bonds. The molecule has 0 aromatic carbocycles. The zero-order chi connectivity index (χ0) is 12.8. The van der Waals surface area contributed by atoms with Crippen LogP contribution in [-0.2, 0) is 19.9 Å². The largest absolute Gasteiger partial charge is 0.476 e. The fourth-order valence-electron chi connectivity index (χ4n) is 2.69. The van der Waals surface area contributed by atoms with E-state index in [1.807, 2.05) is 7.05 Å². The molecule has 4 heteroatoms. The van der Waals surface area contributed by atoms with Crippen LogP contribution in [0.15, 0.2) is 0 Å². The fourth-order valence-corrected chi connectivity index (χ4v) is 2.69. The van der Waals surface area contributed by atoms with Gasteiger partial charge in [0.15, 0.2) is 5.69 Å². The number of nitrogens with zero attached hydrogens (tertiary/aromatic N) is 2. The van der Waals surface area contributed by atoms with E-state index in [4.69, 9.17) is 5.11 Å². The molecule has 0 spiro atoms. The van der Waals surface area contributed by atoms with Crippen LogP contribution in [0, 0.1) is 11.3 Å². The second kappa shape index (κ2) is 3.86. The lowest BCUT2D eigenvalue weighted by Gasteiger charge is -2.34. The van der Waals surface area contributed by atoms with Crippen LogP contribution in [0.3, 0.4) is 0 Å². The van der Waals surface area contributed by atoms with Gasteiger partial charge in [-0.3, -0.25) is 4.68 Å². The Morgan fingerprint density at radius 1 is 1.47 bits per heavy atom. The van der Waals surface area contributed by atoms with E-state index in [1.165, 1.54) is 0 Å². The SMILES string of the molecule is Cn1nc(C(=O)O)c2c1CC(C(C)(C)C)CC2. The molecule has 94 valence electrons. The number of aryl methyl sites for hydroxylation is 1. The molecular formula is C13H20N2O2. The summed E-state index contributed by atoms with van der Waals surface area (Å²) in [4.78, 5) is 11.1. The molecular weight excluding hydrogens is 216 g/mol. The minimum Gasteiger partial charge on any atom is -0.476 e. The van der Waals surface area contributed by atoms with Gasteiger partial charge in [0.25, 0.3) is 0 Å². The number of aromatic carboxylic acids is 1. The molecule has 2 rings (SSSR count). The van der Waals surface area contributed by atoms with Crippen LogP contribution in [0.5, 0.6) is 0 Å². The highest BCUT2D eigenvalue weighted by atomic mass is 16.4. The second-order valence-electron chi connectivity index (χ2n) is 6.01. The zero-order valence-electron chi connectivity index (χ0n) is 10.9. The van der Waals surface area contributed by atoms with Gasteiger partial charge in [-0.15, -0.1) is 0 Å². The maximum absolute atomic E-state index is 11.1. The van der Waals surface area contributed by atoms with Crippen molar-refractivity contribution in [3.05, 3.63) is 17.0 Å². The lowest BCUT2D eigenvalue weighted by atomic mass is 9.72. The lowest BCUT2D eigenvalue weighted by molar-refractivity contribution is 0.0688. The molecule has 1 aliphatic carbocycles. The number of aromatic nitrogens is 2. The van der Waals surface area contributed by atoms with E-state index in [2.05, 4.69) is 25.9 Å². The smallest absolute Gasteiger partial charge is 0.356 e. The molecule has 0 radical (unpaired) electrons. The highest BCUT2D eigenvalue weighted by Crippen LogP contribution is 2.37. The molecule has 0 fully saturated rings. The molecule has 1 heterocycles. The molecule has 0 aliphatic heterocycles. The van der Waals surface area contributed by atoms with Crippen LogP contribution in [-0.4, -0.2) is 20.9 Å². The van der Waals surface area contributed by atoms with Crippen molar-refractivity contribution in [3.8, 4) is 0 Å². The van der Waals surface area contributed by atoms with Crippen LogP contribution in [0.25, 0.3) is 0 Å². The fraction of sp³-hybridized carbons (Fsp3) is 0.692. The highest BCUT2D eigenvalue weighted by molar-refractivity contribution is 5.87. The number of fused-ring (bicyclic) bond motifs is 1. The Labute approximate surface area is 102 Å². The third-order valence-electron chi connectivity index (χ3n) is 3.88. The summed E-state index contributed by atoms with van der Waals surface area (Å²) in [5, 5.41) is 13.2. The van der Waals surface area contributed by atoms with Crippen molar-refractivity contribution >= 4 is 5.97 Å². The first-order chi connectivity index (χ1) is 7.80. The average molecular weight is 236 g/mol. The monoisotopic (exact) mass is 236 g/mol. The van der Waals surface area contributed by atoms with Gasteiger partial charge in [0.05, 0.1) is 0 Å². The molecule has 1 atom stereocenters. The number of carboxylic acid groups (broad SMARTS) is 1. The molecule has 17 heavy (non-hydrogen) atoms. The van der Waals surface area contributed by atoms with Crippen LogP contribution in [0.1, 0.15) is 48.9 Å². The van der Waals surface area contributed by atoms with Crippen LogP contribution in [0.4, 0.5) is 0 Å². The third-order valence-corrected chi connectivity index (χ3v) is 3.88. The molecule has 1 unspecified atom stereocenters. The van der Waals surface area contributed by atoms with Crippen molar-refractivity contribution in [2.24, 2.45) is 18.4 Å². The van der Waals surface area contributed by atoms with Crippen LogP contribution < -0.4 is 0 Å². The Balaban J connectivity index is 2.37. The van der Waals surface area contributed by atoms with Crippen LogP contribution >= 0.6 is 0 Å². The molecule has 0 saturated heterocycles. The predicted octanol–water partition coefficient (Wildman–Crippen LogP) is 2.27. The maximum atomic E-state index is 11.1. The molecule has 4 nitrogen and oxygen atoms in total. The Morgan fingerprint density at radius 2 is 2.12 bits per heavy atom. The molecule has 0 saturated carbocycles. The minimum atomic E-state index is -0.906. The minimum absolute atomic E-state index is 0.245. The Hall–Kier alpha value is -1.32. The van der Waals surface area contributed by atoms with Gasteiger partial charge in [-0.05, 0) is 30.6 Å². The van der Waals surface area contributed by atoms with Gasteiger partial charge >= 0.3 is 5.97 Å². The van der Waals surface area contributed by atoms with E-state index in [9.17, 15) is 4.79 Å². The Kier molecular flexibility index (Phi) is 2.76. The van der Waals surface area contributed by atoms with E-state index >= 15 is 0 Å². The van der Waals surface area contributed by atoms with Crippen molar-refractivity contribution in [2.45, 2.75) is 40.0 Å². The number of rotatable bonds is 1. The first kappa shape index (κ1) is 12.1. The van der Waals surface area contributed by atoms with E-state index in [-0.39, 0.29) is 11.1 Å². The second-order valence-corrected chi connectivity index (χ2v) is 6.01. The summed E-state index contributed by atoms with van der Waals surface area (Å²) in [6.07, 6.45) is 2.84. The van der Waals surface area contributed by atoms with Crippen molar-refractivity contribution in [2.75, 3.05) is 0 Å². The van der Waals surface area contributed by atoms with E-state index in [0.29, 0.717) is 5.92 Å². The normalized spacial score (nSPS) is 20.1. The highest BCUT2D eigenvalue weighted by Gasteiger charge is 2.33. The van der Waals surface area contributed by atoms with E-state index in [1.54, 1.807) is 4.68 Å². The summed E-state index contributed by atoms with van der Waals surface area (Å²) in [6.45, 7) is 6.74. The van der Waals surface area contributed by atoms with Crippen molar-refractivity contribution < 1.29 is 9.90 Å². The van der Waals surface area contributed by atoms with E-state index < -0.39 is 5.97 Å². The van der Waals surface area contributed by atoms with Gasteiger partial charge in [0.1, 0.15) is 0 Å². The Bertz CT molecular complexity index is 455. The van der Waals surface area contributed by atoms with Gasteiger partial charge in [0.2, 0.25) is 0 Å². The quantitative estimate of drug-likeness (QED) is 0.813. The van der Waals surface area contributed by atoms with Gasteiger partial charge < -0.3 is 5.11 Å². The van der Waals surface area contributed by atoms with E-state index in [0.717, 1.165) is 30.5 Å². The van der Waals surface area contributed by atoms with Crippen molar-refractivity contribution in [1.82, 2.24) is 9.78 Å². The molecule has 1 aliphatic rings. The predicted molar refractivity (Wildman–Crippen MR) is 65.1 cm³/mol. The molecule has 1 N–H and O–H groups in total. The molecule has 0 bridgehead atoms. The summed E-state index contributed by atoms with van der Waals surface area (Å²) in [5.41, 5.74) is 2.56. The molecule has 1 aromatic heterocycles. The first-order valence-electron chi connectivity index (χ1n) is 6.08. The summed E-state index contributed by atoms with van der Waals surface area (Å²) in [7, 11) is 1.84. The van der Waals surface area contributed by atoms with Gasteiger partial charge in [0, 0.05) is 18.3 Å². The standard InChI is InChI=1S/C13H20N2O2/c1-13(2,3)8-5-6-9-10(7-8)15(4)14-11(9)12(16)17/h8H,5-7H2,1-4H3,(H,16,17). The van der Waals surface area contributed by atoms with Crippen molar-refractivity contribution in [1.29, 1.82) is 0 Å². The van der Waals surface area contributed by atoms with Gasteiger partial charge in [-0.2, -0.15) is 5.10 Å². The van der Waals surface area contributed by atoms with Crippen molar-refractivity contribution in [3.63, 3.8) is 0 Å². The van der Waals surface area contributed by atoms with Gasteiger partial charge in [-0.1, -0.05) is 20.8 Å². The average Bonchev–Trinajstić information content (AvgIpc) is 2.55. The summed E-state index contributed by atoms with van der Waals surface area (Å²) >= 11 is 0. The molecule has 1 aromatic rings. The maximum Gasteiger partial charge on any atom is 0.356 e.